The molecule has 8 heteroatoms. The van der Waals surface area contributed by atoms with Gasteiger partial charge in [-0.2, -0.15) is 8.42 Å². The predicted octanol–water partition coefficient (Wildman–Crippen LogP) is 1.18. The molecule has 0 bridgehead atoms. The van der Waals surface area contributed by atoms with Gasteiger partial charge in [-0.25, -0.2) is 0 Å². The number of rotatable bonds is 7. The number of hydrogen-bond acceptors (Lipinski definition) is 6. The fourth-order valence-electron chi connectivity index (χ4n) is 1.47. The molecule has 0 spiro atoms. The monoisotopic (exact) mass is 291 g/mol. The molecule has 0 amide bonds. The summed E-state index contributed by atoms with van der Waals surface area (Å²) in [6, 6.07) is 4.81. The normalized spacial score (nSPS) is 11.2. The maximum absolute atomic E-state index is 10.6. The molecule has 0 aliphatic carbocycles. The van der Waals surface area contributed by atoms with Gasteiger partial charge in [0.25, 0.3) is 10.1 Å². The van der Waals surface area contributed by atoms with Gasteiger partial charge < -0.3 is 9.47 Å². The highest BCUT2D eigenvalue weighted by Crippen LogP contribution is 2.27. The minimum absolute atomic E-state index is 0.0517. The number of anilines is 1. The van der Waals surface area contributed by atoms with E-state index in [9.17, 15) is 13.6 Å². The minimum Gasteiger partial charge on any atom is -0.497 e. The minimum atomic E-state index is -4.01. The van der Waals surface area contributed by atoms with Crippen LogP contribution in [0, 0.1) is 0 Å². The van der Waals surface area contributed by atoms with Crippen LogP contribution in [0.1, 0.15) is 6.42 Å². The number of benzene rings is 1. The number of ether oxygens (including phenoxy) is 2. The quantitative estimate of drug-likeness (QED) is 0.575. The molecule has 0 unspecified atom stereocenters. The molecule has 0 heterocycles. The van der Waals surface area contributed by atoms with Gasteiger partial charge in [0, 0.05) is 24.7 Å². The molecule has 0 radical (unpaired) electrons. The second kappa shape index (κ2) is 6.60. The molecule has 0 saturated carbocycles. The Bertz CT molecular complexity index is 494. The van der Waals surface area contributed by atoms with E-state index in [1.807, 2.05) is 0 Å². The summed E-state index contributed by atoms with van der Waals surface area (Å²) in [5.74, 6) is 0.594. The van der Waals surface area contributed by atoms with Crippen LogP contribution < -0.4 is 14.5 Å². The molecular weight excluding hydrogens is 274 g/mol. The van der Waals surface area contributed by atoms with E-state index in [0.29, 0.717) is 17.2 Å². The lowest BCUT2D eigenvalue weighted by Gasteiger charge is -2.18. The molecular formula is C11H17NO6S. The van der Waals surface area contributed by atoms with Gasteiger partial charge in [-0.15, -0.1) is 0 Å². The topological polar surface area (TPSA) is 96.3 Å². The van der Waals surface area contributed by atoms with E-state index < -0.39 is 15.9 Å². The third-order valence-corrected chi connectivity index (χ3v) is 3.21. The van der Waals surface area contributed by atoms with E-state index in [1.54, 1.807) is 18.2 Å². The van der Waals surface area contributed by atoms with Crippen molar-refractivity contribution in [3.63, 3.8) is 0 Å². The second-order valence-electron chi connectivity index (χ2n) is 3.83. The molecule has 0 saturated heterocycles. The molecule has 1 rings (SSSR count). The van der Waals surface area contributed by atoms with Gasteiger partial charge in [-0.05, 0) is 6.42 Å². The summed E-state index contributed by atoms with van der Waals surface area (Å²) in [7, 11) is -1.05. The third kappa shape index (κ3) is 5.33. The van der Waals surface area contributed by atoms with Crippen LogP contribution >= 0.6 is 0 Å². The summed E-state index contributed by atoms with van der Waals surface area (Å²) in [4.78, 5) is 0. The first-order chi connectivity index (χ1) is 8.85. The molecule has 2 N–H and O–H groups in total. The molecule has 0 aliphatic heterocycles. The number of methoxy groups -OCH3 is 2. The van der Waals surface area contributed by atoms with Gasteiger partial charge in [0.1, 0.15) is 11.5 Å². The van der Waals surface area contributed by atoms with Crippen molar-refractivity contribution in [3.05, 3.63) is 18.2 Å². The molecule has 1 aromatic carbocycles. The Morgan fingerprint density at radius 1 is 1.16 bits per heavy atom. The van der Waals surface area contributed by atoms with Crippen LogP contribution in [0.3, 0.4) is 0 Å². The van der Waals surface area contributed by atoms with Gasteiger partial charge in [-0.3, -0.25) is 14.8 Å². The summed E-state index contributed by atoms with van der Waals surface area (Å²) in [6.07, 6.45) is 0.0921. The van der Waals surface area contributed by atoms with Crippen molar-refractivity contribution in [2.75, 3.05) is 31.6 Å². The number of nitrogens with zero attached hydrogens (tertiary/aromatic N) is 1. The molecule has 0 aliphatic rings. The van der Waals surface area contributed by atoms with Crippen LogP contribution in [-0.4, -0.2) is 44.7 Å². The molecule has 0 atom stereocenters. The molecule has 0 aromatic heterocycles. The fraction of sp³-hybridized carbons (Fsp3) is 0.455. The Morgan fingerprint density at radius 3 is 2.11 bits per heavy atom. The first kappa shape index (κ1) is 15.5. The molecule has 108 valence electrons. The fourth-order valence-corrected chi connectivity index (χ4v) is 1.96. The van der Waals surface area contributed by atoms with Crippen LogP contribution in [-0.2, 0) is 10.1 Å². The van der Waals surface area contributed by atoms with Crippen LogP contribution in [0.4, 0.5) is 5.69 Å². The van der Waals surface area contributed by atoms with Crippen molar-refractivity contribution in [2.24, 2.45) is 0 Å². The van der Waals surface area contributed by atoms with E-state index in [4.69, 9.17) is 14.0 Å². The van der Waals surface area contributed by atoms with Crippen LogP contribution in [0.2, 0.25) is 0 Å². The van der Waals surface area contributed by atoms with Crippen molar-refractivity contribution < 1.29 is 27.7 Å². The Labute approximate surface area is 112 Å². The van der Waals surface area contributed by atoms with Gasteiger partial charge >= 0.3 is 0 Å². The highest BCUT2D eigenvalue weighted by molar-refractivity contribution is 7.85. The number of hydrogen-bond donors (Lipinski definition) is 2. The maximum atomic E-state index is 10.6. The summed E-state index contributed by atoms with van der Waals surface area (Å²) >= 11 is 0. The summed E-state index contributed by atoms with van der Waals surface area (Å²) in [5, 5.41) is 10.7. The van der Waals surface area contributed by atoms with Crippen molar-refractivity contribution >= 4 is 15.8 Å². The maximum Gasteiger partial charge on any atom is 0.264 e. The van der Waals surface area contributed by atoms with Gasteiger partial charge in [0.15, 0.2) is 0 Å². The highest BCUT2D eigenvalue weighted by Gasteiger charge is 2.10. The first-order valence-electron chi connectivity index (χ1n) is 5.50. The Balaban J connectivity index is 2.73. The highest BCUT2D eigenvalue weighted by atomic mass is 32.2. The summed E-state index contributed by atoms with van der Waals surface area (Å²) < 4.78 is 39.8. The average Bonchev–Trinajstić information content (AvgIpc) is 2.36. The van der Waals surface area contributed by atoms with Crippen molar-refractivity contribution in [1.29, 1.82) is 0 Å². The zero-order valence-electron chi connectivity index (χ0n) is 10.7. The summed E-state index contributed by atoms with van der Waals surface area (Å²) in [5.41, 5.74) is 0.409. The molecule has 7 nitrogen and oxygen atoms in total. The lowest BCUT2D eigenvalue weighted by molar-refractivity contribution is 0.253. The molecule has 1 aromatic rings. The number of hydroxylamine groups is 1. The van der Waals surface area contributed by atoms with Crippen LogP contribution in [0.25, 0.3) is 0 Å². The second-order valence-corrected chi connectivity index (χ2v) is 5.41. The average molecular weight is 291 g/mol. The predicted molar refractivity (Wildman–Crippen MR) is 69.7 cm³/mol. The lowest BCUT2D eigenvalue weighted by atomic mass is 10.2. The van der Waals surface area contributed by atoms with E-state index in [1.165, 1.54) is 14.2 Å². The van der Waals surface area contributed by atoms with E-state index in [0.717, 1.165) is 5.06 Å². The Kier molecular flexibility index (Phi) is 5.40. The lowest BCUT2D eigenvalue weighted by Crippen LogP contribution is -2.21. The van der Waals surface area contributed by atoms with Crippen molar-refractivity contribution in [3.8, 4) is 11.5 Å². The van der Waals surface area contributed by atoms with E-state index >= 15 is 0 Å². The standard InChI is InChI=1S/C11H17NO6S/c1-17-10-6-9(7-11(8-10)18-2)12(13)4-3-5-19(14,15)16/h6-8,13H,3-5H2,1-2H3,(H,14,15,16). The van der Waals surface area contributed by atoms with E-state index in [2.05, 4.69) is 0 Å². The van der Waals surface area contributed by atoms with Crippen molar-refractivity contribution in [1.82, 2.24) is 0 Å². The summed E-state index contributed by atoms with van der Waals surface area (Å²) in [6.45, 7) is 0.0517. The van der Waals surface area contributed by atoms with Gasteiger partial charge in [0.05, 0.1) is 25.7 Å². The van der Waals surface area contributed by atoms with Crippen LogP contribution in [0.15, 0.2) is 18.2 Å². The third-order valence-electron chi connectivity index (χ3n) is 2.41. The zero-order valence-corrected chi connectivity index (χ0v) is 11.6. The van der Waals surface area contributed by atoms with Crippen LogP contribution in [0.5, 0.6) is 11.5 Å². The smallest absolute Gasteiger partial charge is 0.264 e. The largest absolute Gasteiger partial charge is 0.497 e. The van der Waals surface area contributed by atoms with E-state index in [-0.39, 0.29) is 13.0 Å². The molecule has 0 fully saturated rings. The first-order valence-corrected chi connectivity index (χ1v) is 7.11. The molecule has 19 heavy (non-hydrogen) atoms. The van der Waals surface area contributed by atoms with Gasteiger partial charge in [0.2, 0.25) is 0 Å². The zero-order chi connectivity index (χ0) is 14.5. The SMILES string of the molecule is COc1cc(OC)cc(N(O)CCCS(=O)(=O)O)c1. The van der Waals surface area contributed by atoms with Gasteiger partial charge in [-0.1, -0.05) is 0 Å². The Morgan fingerprint density at radius 2 is 1.68 bits per heavy atom. The van der Waals surface area contributed by atoms with Crippen molar-refractivity contribution in [2.45, 2.75) is 6.42 Å². The Hall–Kier alpha value is -1.51.